The van der Waals surface area contributed by atoms with E-state index in [9.17, 15) is 8.78 Å². The summed E-state index contributed by atoms with van der Waals surface area (Å²) >= 11 is 0. The Hall–Kier alpha value is -0.480. The number of nitrogens with zero attached hydrogens (tertiary/aromatic N) is 1. The molecule has 4 atom stereocenters. The molecule has 0 amide bonds. The third kappa shape index (κ3) is 2.80. The molecule has 16 heavy (non-hydrogen) atoms. The average molecular weight is 233 g/mol. The van der Waals surface area contributed by atoms with E-state index in [0.717, 1.165) is 0 Å². The van der Waals surface area contributed by atoms with Gasteiger partial charge in [-0.05, 0) is 33.3 Å². The van der Waals surface area contributed by atoms with Crippen LogP contribution in [0.15, 0.2) is 12.2 Å². The Morgan fingerprint density at radius 3 is 2.25 bits per heavy atom. The molecule has 2 nitrogen and oxygen atoms in total. The van der Waals surface area contributed by atoms with E-state index in [0.29, 0.717) is 13.1 Å². The van der Waals surface area contributed by atoms with E-state index in [4.69, 9.17) is 4.74 Å². The second kappa shape index (κ2) is 4.80. The van der Waals surface area contributed by atoms with Crippen molar-refractivity contribution in [2.45, 2.75) is 51.9 Å². The van der Waals surface area contributed by atoms with Gasteiger partial charge in [0.25, 0.3) is 0 Å². The van der Waals surface area contributed by atoms with Gasteiger partial charge in [-0.2, -0.15) is 0 Å². The van der Waals surface area contributed by atoms with E-state index in [-0.39, 0.29) is 17.8 Å². The number of hydrogen-bond acceptors (Lipinski definition) is 2. The lowest BCUT2D eigenvalue weighted by molar-refractivity contribution is -0.125. The number of hydrogen-bond donors (Lipinski definition) is 0. The topological polar surface area (TPSA) is 12.5 Å². The smallest absolute Gasteiger partial charge is 0.191 e. The number of ether oxygens (including phenoxy) is 1. The minimum atomic E-state index is -2.00. The SMILES string of the molecule is C=C(C)C(C)(F)C(F)N1CC(C)OC(C)C1. The maximum Gasteiger partial charge on any atom is 0.191 e. The minimum absolute atomic E-state index is 0.0667. The lowest BCUT2D eigenvalue weighted by atomic mass is 9.98. The molecule has 1 aliphatic rings. The fourth-order valence-electron chi connectivity index (χ4n) is 1.95. The van der Waals surface area contributed by atoms with Crippen molar-refractivity contribution < 1.29 is 13.5 Å². The zero-order chi connectivity index (χ0) is 12.5. The summed E-state index contributed by atoms with van der Waals surface area (Å²) in [5, 5.41) is 0. The Kier molecular flexibility index (Phi) is 4.07. The molecule has 0 aromatic carbocycles. The molecule has 1 heterocycles. The van der Waals surface area contributed by atoms with Gasteiger partial charge >= 0.3 is 0 Å². The Labute approximate surface area is 96.3 Å². The van der Waals surface area contributed by atoms with Crippen molar-refractivity contribution >= 4 is 0 Å². The van der Waals surface area contributed by atoms with Crippen molar-refractivity contribution in [3.8, 4) is 0 Å². The van der Waals surface area contributed by atoms with E-state index >= 15 is 0 Å². The van der Waals surface area contributed by atoms with Crippen molar-refractivity contribution in [2.75, 3.05) is 13.1 Å². The summed E-state index contributed by atoms with van der Waals surface area (Å²) in [4.78, 5) is 1.49. The first kappa shape index (κ1) is 13.6. The lowest BCUT2D eigenvalue weighted by Gasteiger charge is -2.40. The summed E-state index contributed by atoms with van der Waals surface area (Å²) < 4.78 is 33.7. The summed E-state index contributed by atoms with van der Waals surface area (Å²) in [5.74, 6) is 0. The second-order valence-corrected chi connectivity index (χ2v) is 4.90. The summed E-state index contributed by atoms with van der Waals surface area (Å²) in [6, 6.07) is 0. The molecule has 1 fully saturated rings. The maximum atomic E-state index is 14.1. The molecule has 0 N–H and O–H groups in total. The molecule has 0 aromatic rings. The lowest BCUT2D eigenvalue weighted by Crippen LogP contribution is -2.54. The molecule has 1 saturated heterocycles. The van der Waals surface area contributed by atoms with E-state index < -0.39 is 12.0 Å². The van der Waals surface area contributed by atoms with Crippen molar-refractivity contribution in [2.24, 2.45) is 0 Å². The fourth-order valence-corrected chi connectivity index (χ4v) is 1.95. The first-order valence-electron chi connectivity index (χ1n) is 5.63. The minimum Gasteiger partial charge on any atom is -0.373 e. The zero-order valence-electron chi connectivity index (χ0n) is 10.5. The quantitative estimate of drug-likeness (QED) is 0.549. The van der Waals surface area contributed by atoms with Crippen LogP contribution in [0.25, 0.3) is 0 Å². The molecule has 4 heteroatoms. The normalized spacial score (nSPS) is 33.1. The molecule has 0 aliphatic carbocycles. The molecule has 1 aliphatic heterocycles. The van der Waals surface area contributed by atoms with Crippen LogP contribution in [0.5, 0.6) is 0 Å². The Morgan fingerprint density at radius 1 is 1.44 bits per heavy atom. The van der Waals surface area contributed by atoms with Gasteiger partial charge in [-0.15, -0.1) is 0 Å². The number of rotatable bonds is 3. The largest absolute Gasteiger partial charge is 0.373 e. The van der Waals surface area contributed by atoms with Crippen LogP contribution in [0.1, 0.15) is 27.7 Å². The molecule has 94 valence electrons. The molecule has 0 bridgehead atoms. The van der Waals surface area contributed by atoms with Crippen molar-refractivity contribution in [1.29, 1.82) is 0 Å². The van der Waals surface area contributed by atoms with E-state index in [2.05, 4.69) is 6.58 Å². The highest BCUT2D eigenvalue weighted by Crippen LogP contribution is 2.30. The van der Waals surface area contributed by atoms with Gasteiger partial charge in [0, 0.05) is 13.1 Å². The third-order valence-electron chi connectivity index (χ3n) is 3.05. The third-order valence-corrected chi connectivity index (χ3v) is 3.05. The summed E-state index contributed by atoms with van der Waals surface area (Å²) in [7, 11) is 0. The van der Waals surface area contributed by atoms with Crippen LogP contribution in [0.3, 0.4) is 0 Å². The first-order chi connectivity index (χ1) is 7.25. The Bertz CT molecular complexity index is 258. The molecule has 0 aromatic heterocycles. The molecule has 0 radical (unpaired) electrons. The highest BCUT2D eigenvalue weighted by molar-refractivity contribution is 5.11. The van der Waals surface area contributed by atoms with Crippen LogP contribution >= 0.6 is 0 Å². The molecule has 0 spiro atoms. The van der Waals surface area contributed by atoms with Crippen molar-refractivity contribution in [3.05, 3.63) is 12.2 Å². The van der Waals surface area contributed by atoms with Crippen LogP contribution in [-0.4, -0.2) is 42.2 Å². The zero-order valence-corrected chi connectivity index (χ0v) is 10.5. The van der Waals surface area contributed by atoms with Crippen LogP contribution in [-0.2, 0) is 4.74 Å². The second-order valence-electron chi connectivity index (χ2n) is 4.90. The Balaban J connectivity index is 2.73. The summed E-state index contributed by atoms with van der Waals surface area (Å²) in [6.45, 7) is 10.8. The number of alkyl halides is 2. The van der Waals surface area contributed by atoms with E-state index in [1.54, 1.807) is 0 Å². The maximum absolute atomic E-state index is 14.1. The van der Waals surface area contributed by atoms with Crippen molar-refractivity contribution in [3.63, 3.8) is 0 Å². The molecular weight excluding hydrogens is 212 g/mol. The molecule has 4 unspecified atom stereocenters. The van der Waals surface area contributed by atoms with Gasteiger partial charge in [-0.25, -0.2) is 8.78 Å². The van der Waals surface area contributed by atoms with Gasteiger partial charge in [-0.3, -0.25) is 4.90 Å². The Morgan fingerprint density at radius 2 is 1.88 bits per heavy atom. The van der Waals surface area contributed by atoms with Crippen LogP contribution in [0.4, 0.5) is 8.78 Å². The number of halogens is 2. The van der Waals surface area contributed by atoms with E-state index in [1.165, 1.54) is 18.7 Å². The van der Waals surface area contributed by atoms with Gasteiger partial charge in [0.1, 0.15) is 0 Å². The molecule has 0 saturated carbocycles. The highest BCUT2D eigenvalue weighted by atomic mass is 19.2. The van der Waals surface area contributed by atoms with Crippen LogP contribution in [0, 0.1) is 0 Å². The monoisotopic (exact) mass is 233 g/mol. The molecular formula is C12H21F2NO. The predicted molar refractivity (Wildman–Crippen MR) is 60.8 cm³/mol. The van der Waals surface area contributed by atoms with Gasteiger partial charge in [0.2, 0.25) is 0 Å². The standard InChI is InChI=1S/C12H21F2NO/c1-8(2)12(5,14)11(13)15-6-9(3)16-10(4)7-15/h9-11H,1,6-7H2,2-5H3. The van der Waals surface area contributed by atoms with Gasteiger partial charge in [0.05, 0.1) is 12.2 Å². The predicted octanol–water partition coefficient (Wildman–Crippen LogP) is 2.70. The summed E-state index contributed by atoms with van der Waals surface area (Å²) in [6.07, 6.45) is -1.79. The van der Waals surface area contributed by atoms with Gasteiger partial charge in [0.15, 0.2) is 12.0 Å². The van der Waals surface area contributed by atoms with E-state index in [1.807, 2.05) is 13.8 Å². The number of morpholine rings is 1. The van der Waals surface area contributed by atoms with Gasteiger partial charge in [-0.1, -0.05) is 6.58 Å². The van der Waals surface area contributed by atoms with Gasteiger partial charge < -0.3 is 4.74 Å². The summed E-state index contributed by atoms with van der Waals surface area (Å²) in [5.41, 5.74) is -1.79. The fraction of sp³-hybridized carbons (Fsp3) is 0.833. The first-order valence-corrected chi connectivity index (χ1v) is 5.63. The van der Waals surface area contributed by atoms with Crippen LogP contribution in [0.2, 0.25) is 0 Å². The average Bonchev–Trinajstić information content (AvgIpc) is 2.14. The highest BCUT2D eigenvalue weighted by Gasteiger charge is 2.41. The van der Waals surface area contributed by atoms with Crippen LogP contribution < -0.4 is 0 Å². The van der Waals surface area contributed by atoms with Crippen molar-refractivity contribution in [1.82, 2.24) is 4.90 Å². The molecule has 1 rings (SSSR count).